The van der Waals surface area contributed by atoms with Gasteiger partial charge in [-0.25, -0.2) is 0 Å². The van der Waals surface area contributed by atoms with E-state index >= 15 is 0 Å². The van der Waals surface area contributed by atoms with Crippen molar-refractivity contribution in [3.05, 3.63) is 29.8 Å². The van der Waals surface area contributed by atoms with Gasteiger partial charge in [0.15, 0.2) is 6.61 Å². The van der Waals surface area contributed by atoms with E-state index in [1.807, 2.05) is 24.3 Å². The van der Waals surface area contributed by atoms with E-state index in [1.165, 1.54) is 5.56 Å². The predicted molar refractivity (Wildman–Crippen MR) is 85.1 cm³/mol. The normalized spacial score (nSPS) is 10.5. The van der Waals surface area contributed by atoms with Crippen molar-refractivity contribution in [3.8, 4) is 5.75 Å². The number of hydrogen-bond donors (Lipinski definition) is 2. The molecule has 0 heterocycles. The Morgan fingerprint density at radius 2 is 2.00 bits per heavy atom. The summed E-state index contributed by atoms with van der Waals surface area (Å²) in [5.41, 5.74) is 1.18. The molecule has 0 aromatic heterocycles. The number of unbranched alkanes of at least 4 members (excludes halogenated alkanes) is 2. The summed E-state index contributed by atoms with van der Waals surface area (Å²) in [4.78, 5) is 22.0. The van der Waals surface area contributed by atoms with E-state index < -0.39 is 5.97 Å². The van der Waals surface area contributed by atoms with Crippen LogP contribution in [0.5, 0.6) is 5.75 Å². The van der Waals surface area contributed by atoms with Crippen molar-refractivity contribution < 1.29 is 19.4 Å². The number of nitrogens with one attached hydrogen (secondary N) is 1. The van der Waals surface area contributed by atoms with Crippen LogP contribution < -0.4 is 10.1 Å². The van der Waals surface area contributed by atoms with E-state index in [2.05, 4.69) is 19.2 Å². The smallest absolute Gasteiger partial charge is 0.303 e. The van der Waals surface area contributed by atoms with E-state index in [0.717, 1.165) is 12.8 Å². The van der Waals surface area contributed by atoms with Gasteiger partial charge in [-0.05, 0) is 36.5 Å². The summed E-state index contributed by atoms with van der Waals surface area (Å²) in [7, 11) is 0. The molecule has 0 radical (unpaired) electrons. The predicted octanol–water partition coefficient (Wildman–Crippen LogP) is 2.95. The third-order valence-electron chi connectivity index (χ3n) is 3.28. The zero-order chi connectivity index (χ0) is 16.4. The van der Waals surface area contributed by atoms with E-state index in [4.69, 9.17) is 9.84 Å². The van der Waals surface area contributed by atoms with Gasteiger partial charge in [-0.1, -0.05) is 32.4 Å². The summed E-state index contributed by atoms with van der Waals surface area (Å²) in [5.74, 6) is 0.181. The van der Waals surface area contributed by atoms with Gasteiger partial charge in [0.2, 0.25) is 0 Å². The lowest BCUT2D eigenvalue weighted by Crippen LogP contribution is -2.29. The summed E-state index contributed by atoms with van der Waals surface area (Å²) < 4.78 is 5.48. The van der Waals surface area contributed by atoms with Crippen LogP contribution >= 0.6 is 0 Å². The molecule has 0 aliphatic heterocycles. The third kappa shape index (κ3) is 7.67. The van der Waals surface area contributed by atoms with Gasteiger partial charge in [-0.15, -0.1) is 0 Å². The first-order valence-electron chi connectivity index (χ1n) is 7.70. The van der Waals surface area contributed by atoms with Crippen LogP contribution in [0, 0.1) is 0 Å². The SMILES string of the molecule is CC(C)c1cccc(OCC(=O)NCCCCCC(=O)O)c1. The number of rotatable bonds is 10. The number of carbonyl (C=O) groups excluding carboxylic acids is 1. The van der Waals surface area contributed by atoms with Crippen LogP contribution in [-0.2, 0) is 9.59 Å². The maximum absolute atomic E-state index is 11.6. The highest BCUT2D eigenvalue weighted by Gasteiger charge is 2.04. The minimum Gasteiger partial charge on any atom is -0.484 e. The highest BCUT2D eigenvalue weighted by Crippen LogP contribution is 2.19. The molecule has 0 unspecified atom stereocenters. The van der Waals surface area contributed by atoms with Crippen LogP contribution in [0.25, 0.3) is 0 Å². The van der Waals surface area contributed by atoms with E-state index in [9.17, 15) is 9.59 Å². The van der Waals surface area contributed by atoms with Gasteiger partial charge >= 0.3 is 5.97 Å². The fraction of sp³-hybridized carbons (Fsp3) is 0.529. The molecule has 1 aromatic rings. The molecular formula is C17H25NO4. The van der Waals surface area contributed by atoms with Crippen LogP contribution in [-0.4, -0.2) is 30.1 Å². The monoisotopic (exact) mass is 307 g/mol. The minimum absolute atomic E-state index is 0.00330. The molecule has 5 heteroatoms. The van der Waals surface area contributed by atoms with Crippen molar-refractivity contribution in [2.24, 2.45) is 0 Å². The molecule has 0 spiro atoms. The number of carboxylic acids is 1. The molecule has 0 saturated heterocycles. The molecule has 0 saturated carbocycles. The fourth-order valence-electron chi connectivity index (χ4n) is 1.97. The number of benzene rings is 1. The molecule has 5 nitrogen and oxygen atoms in total. The highest BCUT2D eigenvalue weighted by atomic mass is 16.5. The van der Waals surface area contributed by atoms with Crippen molar-refractivity contribution in [2.45, 2.75) is 45.4 Å². The van der Waals surface area contributed by atoms with Crippen LogP contribution in [0.2, 0.25) is 0 Å². The van der Waals surface area contributed by atoms with Crippen LogP contribution in [0.1, 0.15) is 51.0 Å². The molecule has 0 atom stereocenters. The first-order chi connectivity index (χ1) is 10.5. The van der Waals surface area contributed by atoms with Crippen molar-refractivity contribution >= 4 is 11.9 Å². The Bertz CT molecular complexity index is 485. The molecular weight excluding hydrogens is 282 g/mol. The van der Waals surface area contributed by atoms with Gasteiger partial charge in [0, 0.05) is 13.0 Å². The van der Waals surface area contributed by atoms with Gasteiger partial charge < -0.3 is 15.2 Å². The van der Waals surface area contributed by atoms with Crippen LogP contribution in [0.4, 0.5) is 0 Å². The Labute approximate surface area is 131 Å². The Morgan fingerprint density at radius 1 is 1.23 bits per heavy atom. The molecule has 0 aliphatic rings. The largest absolute Gasteiger partial charge is 0.484 e. The summed E-state index contributed by atoms with van der Waals surface area (Å²) in [6.07, 6.45) is 2.40. The van der Waals surface area contributed by atoms with E-state index in [1.54, 1.807) is 0 Å². The second-order valence-corrected chi connectivity index (χ2v) is 5.57. The number of carboxylic acid groups (broad SMARTS) is 1. The number of ether oxygens (including phenoxy) is 1. The molecule has 122 valence electrons. The molecule has 0 fully saturated rings. The lowest BCUT2D eigenvalue weighted by molar-refractivity contribution is -0.137. The van der Waals surface area contributed by atoms with Gasteiger partial charge in [-0.3, -0.25) is 9.59 Å². The molecule has 1 rings (SSSR count). The minimum atomic E-state index is -0.777. The second kappa shape index (κ2) is 9.82. The van der Waals surface area contributed by atoms with Gasteiger partial charge in [0.1, 0.15) is 5.75 Å². The maximum atomic E-state index is 11.6. The van der Waals surface area contributed by atoms with Crippen molar-refractivity contribution in [1.29, 1.82) is 0 Å². The van der Waals surface area contributed by atoms with Gasteiger partial charge in [-0.2, -0.15) is 0 Å². The lowest BCUT2D eigenvalue weighted by atomic mass is 10.0. The lowest BCUT2D eigenvalue weighted by Gasteiger charge is -2.10. The quantitative estimate of drug-likeness (QED) is 0.652. The molecule has 2 N–H and O–H groups in total. The summed E-state index contributed by atoms with van der Waals surface area (Å²) in [5, 5.41) is 11.3. The number of amides is 1. The van der Waals surface area contributed by atoms with E-state index in [0.29, 0.717) is 24.6 Å². The van der Waals surface area contributed by atoms with Crippen molar-refractivity contribution in [2.75, 3.05) is 13.2 Å². The second-order valence-electron chi connectivity index (χ2n) is 5.57. The number of aliphatic carboxylic acids is 1. The van der Waals surface area contributed by atoms with Crippen molar-refractivity contribution in [3.63, 3.8) is 0 Å². The van der Waals surface area contributed by atoms with Gasteiger partial charge in [0.05, 0.1) is 0 Å². The summed E-state index contributed by atoms with van der Waals surface area (Å²) in [6, 6.07) is 7.74. The van der Waals surface area contributed by atoms with Crippen LogP contribution in [0.3, 0.4) is 0 Å². The average Bonchev–Trinajstić information content (AvgIpc) is 2.48. The first kappa shape index (κ1) is 18.0. The Balaban J connectivity index is 2.18. The highest BCUT2D eigenvalue weighted by molar-refractivity contribution is 5.77. The Morgan fingerprint density at radius 3 is 2.68 bits per heavy atom. The number of carbonyl (C=O) groups is 2. The fourth-order valence-corrected chi connectivity index (χ4v) is 1.97. The molecule has 0 aliphatic carbocycles. The van der Waals surface area contributed by atoms with Gasteiger partial charge in [0.25, 0.3) is 5.91 Å². The maximum Gasteiger partial charge on any atom is 0.303 e. The Kier molecular flexibility index (Phi) is 8.04. The summed E-state index contributed by atoms with van der Waals surface area (Å²) in [6.45, 7) is 4.76. The van der Waals surface area contributed by atoms with Crippen molar-refractivity contribution in [1.82, 2.24) is 5.32 Å². The molecule has 1 amide bonds. The molecule has 22 heavy (non-hydrogen) atoms. The summed E-state index contributed by atoms with van der Waals surface area (Å²) >= 11 is 0. The number of hydrogen-bond acceptors (Lipinski definition) is 3. The Hall–Kier alpha value is -2.04. The molecule has 0 bridgehead atoms. The zero-order valence-corrected chi connectivity index (χ0v) is 13.3. The topological polar surface area (TPSA) is 75.6 Å². The average molecular weight is 307 g/mol. The van der Waals surface area contributed by atoms with Crippen LogP contribution in [0.15, 0.2) is 24.3 Å². The first-order valence-corrected chi connectivity index (χ1v) is 7.70. The third-order valence-corrected chi connectivity index (χ3v) is 3.28. The zero-order valence-electron chi connectivity index (χ0n) is 13.3. The molecule has 1 aromatic carbocycles. The standard InChI is InChI=1S/C17H25NO4/c1-13(2)14-7-6-8-15(11-14)22-12-16(19)18-10-5-3-4-9-17(20)21/h6-8,11,13H,3-5,9-10,12H2,1-2H3,(H,18,19)(H,20,21). The van der Waals surface area contributed by atoms with E-state index in [-0.39, 0.29) is 18.9 Å².